The van der Waals surface area contributed by atoms with Crippen molar-refractivity contribution >= 4 is 22.2 Å². The summed E-state index contributed by atoms with van der Waals surface area (Å²) >= 11 is 1.58. The second kappa shape index (κ2) is 5.62. The number of carbonyl (C=O) groups is 1. The Bertz CT molecular complexity index is 391. The largest absolute Gasteiger partial charge is 0.317 e. The van der Waals surface area contributed by atoms with Crippen molar-refractivity contribution in [2.24, 2.45) is 0 Å². The first-order chi connectivity index (χ1) is 8.15. The van der Waals surface area contributed by atoms with Gasteiger partial charge in [0.1, 0.15) is 0 Å². The molecule has 1 saturated heterocycles. The molecule has 1 aromatic rings. The fraction of sp³-hybridized carbons (Fsp3) is 0.583. The van der Waals surface area contributed by atoms with E-state index in [4.69, 9.17) is 0 Å². The number of nitrogens with zero attached hydrogens (tertiary/aromatic N) is 1. The number of nitrogens with one attached hydrogen (secondary N) is 2. The Hall–Kier alpha value is -0.910. The third kappa shape index (κ3) is 3.52. The van der Waals surface area contributed by atoms with Gasteiger partial charge in [-0.05, 0) is 31.0 Å². The molecule has 1 unspecified atom stereocenters. The number of anilines is 1. The highest BCUT2D eigenvalue weighted by Crippen LogP contribution is 2.22. The molecule has 1 amide bonds. The zero-order valence-corrected chi connectivity index (χ0v) is 11.1. The lowest BCUT2D eigenvalue weighted by Gasteiger charge is -2.30. The van der Waals surface area contributed by atoms with Crippen LogP contribution in [0.2, 0.25) is 0 Å². The van der Waals surface area contributed by atoms with Crippen LogP contribution in [0.3, 0.4) is 0 Å². The van der Waals surface area contributed by atoms with Crippen molar-refractivity contribution in [3.8, 4) is 0 Å². The molecule has 2 heterocycles. The number of likely N-dealkylation sites (N-methyl/N-ethyl adjacent to an activating group) is 1. The number of hydrogen-bond acceptors (Lipinski definition) is 4. The highest BCUT2D eigenvalue weighted by Gasteiger charge is 2.19. The van der Waals surface area contributed by atoms with Crippen molar-refractivity contribution in [2.75, 3.05) is 32.0 Å². The number of amides is 1. The Morgan fingerprint density at radius 3 is 3.18 bits per heavy atom. The first-order valence-electron chi connectivity index (χ1n) is 5.91. The minimum atomic E-state index is 0.100. The molecule has 1 atom stereocenters. The Morgan fingerprint density at radius 2 is 2.53 bits per heavy atom. The van der Waals surface area contributed by atoms with Crippen LogP contribution in [0.25, 0.3) is 0 Å². The second-order valence-corrected chi connectivity index (χ2v) is 5.51. The molecule has 1 aliphatic rings. The number of aryl methyl sites for hydroxylation is 1. The molecule has 4 nitrogen and oxygen atoms in total. The standard InChI is InChI=1S/C12H19N3OS/c1-9-3-6-17-12(9)14-11(16)7-10-8-15(2)5-4-13-10/h3,6,10,13H,4-5,7-8H2,1-2H3,(H,14,16). The molecular formula is C12H19N3OS. The van der Waals surface area contributed by atoms with Crippen LogP contribution in [-0.4, -0.2) is 43.5 Å². The molecule has 1 fully saturated rings. The summed E-state index contributed by atoms with van der Waals surface area (Å²) in [6.45, 7) is 4.98. The summed E-state index contributed by atoms with van der Waals surface area (Å²) in [5.41, 5.74) is 1.14. The van der Waals surface area contributed by atoms with Crippen molar-refractivity contribution in [1.82, 2.24) is 10.2 Å². The fourth-order valence-electron chi connectivity index (χ4n) is 2.03. The van der Waals surface area contributed by atoms with E-state index < -0.39 is 0 Å². The molecule has 0 aliphatic carbocycles. The van der Waals surface area contributed by atoms with Crippen LogP contribution in [0.4, 0.5) is 5.00 Å². The van der Waals surface area contributed by atoms with Gasteiger partial charge in [-0.3, -0.25) is 4.79 Å². The van der Waals surface area contributed by atoms with Crippen molar-refractivity contribution in [3.05, 3.63) is 17.0 Å². The molecule has 2 N–H and O–H groups in total. The van der Waals surface area contributed by atoms with Gasteiger partial charge in [-0.2, -0.15) is 0 Å². The summed E-state index contributed by atoms with van der Waals surface area (Å²) in [7, 11) is 2.09. The predicted molar refractivity (Wildman–Crippen MR) is 71.6 cm³/mol. The second-order valence-electron chi connectivity index (χ2n) is 4.60. The van der Waals surface area contributed by atoms with E-state index in [0.717, 1.165) is 30.2 Å². The zero-order valence-electron chi connectivity index (χ0n) is 10.3. The Balaban J connectivity index is 1.83. The van der Waals surface area contributed by atoms with Crippen LogP contribution in [0.5, 0.6) is 0 Å². The minimum absolute atomic E-state index is 0.100. The third-order valence-corrected chi connectivity index (χ3v) is 3.94. The summed E-state index contributed by atoms with van der Waals surface area (Å²) in [6.07, 6.45) is 0.543. The Labute approximate surface area is 106 Å². The molecule has 2 rings (SSSR count). The summed E-state index contributed by atoms with van der Waals surface area (Å²) in [6, 6.07) is 2.29. The van der Waals surface area contributed by atoms with Crippen LogP contribution in [0, 0.1) is 6.92 Å². The molecule has 1 aromatic heterocycles. The summed E-state index contributed by atoms with van der Waals surface area (Å²) in [5.74, 6) is 0.100. The van der Waals surface area contributed by atoms with E-state index in [1.54, 1.807) is 11.3 Å². The van der Waals surface area contributed by atoms with Crippen molar-refractivity contribution < 1.29 is 4.79 Å². The first kappa shape index (κ1) is 12.5. The lowest BCUT2D eigenvalue weighted by atomic mass is 10.1. The van der Waals surface area contributed by atoms with E-state index in [1.165, 1.54) is 0 Å². The SMILES string of the molecule is Cc1ccsc1NC(=O)CC1CN(C)CCN1. The topological polar surface area (TPSA) is 44.4 Å². The van der Waals surface area contributed by atoms with Gasteiger partial charge < -0.3 is 15.5 Å². The maximum atomic E-state index is 11.9. The van der Waals surface area contributed by atoms with E-state index in [1.807, 2.05) is 18.4 Å². The molecule has 0 aromatic carbocycles. The number of piperazine rings is 1. The van der Waals surface area contributed by atoms with Crippen molar-refractivity contribution in [1.29, 1.82) is 0 Å². The first-order valence-corrected chi connectivity index (χ1v) is 6.79. The monoisotopic (exact) mass is 253 g/mol. The predicted octanol–water partition coefficient (Wildman–Crippen LogP) is 1.29. The molecule has 1 aliphatic heterocycles. The van der Waals surface area contributed by atoms with Gasteiger partial charge in [0.2, 0.25) is 5.91 Å². The smallest absolute Gasteiger partial charge is 0.226 e. The normalized spacial score (nSPS) is 21.4. The third-order valence-electron chi connectivity index (χ3n) is 3.01. The van der Waals surface area contributed by atoms with Gasteiger partial charge in [0.05, 0.1) is 5.00 Å². The Morgan fingerprint density at radius 1 is 1.71 bits per heavy atom. The molecule has 0 bridgehead atoms. The summed E-state index contributed by atoms with van der Waals surface area (Å²) in [5, 5.41) is 9.32. The average Bonchev–Trinajstić information content (AvgIpc) is 2.64. The fourth-order valence-corrected chi connectivity index (χ4v) is 2.87. The summed E-state index contributed by atoms with van der Waals surface area (Å²) in [4.78, 5) is 14.1. The van der Waals surface area contributed by atoms with Crippen molar-refractivity contribution in [2.45, 2.75) is 19.4 Å². The molecule has 0 saturated carbocycles. The van der Waals surface area contributed by atoms with Gasteiger partial charge in [-0.15, -0.1) is 11.3 Å². The summed E-state index contributed by atoms with van der Waals surface area (Å²) < 4.78 is 0. The van der Waals surface area contributed by atoms with Crippen LogP contribution in [0.1, 0.15) is 12.0 Å². The van der Waals surface area contributed by atoms with Gasteiger partial charge >= 0.3 is 0 Å². The number of rotatable bonds is 3. The quantitative estimate of drug-likeness (QED) is 0.853. The molecular weight excluding hydrogens is 234 g/mol. The maximum Gasteiger partial charge on any atom is 0.226 e. The molecule has 5 heteroatoms. The van der Waals surface area contributed by atoms with Crippen LogP contribution in [-0.2, 0) is 4.79 Å². The molecule has 0 spiro atoms. The zero-order chi connectivity index (χ0) is 12.3. The van der Waals surface area contributed by atoms with Crippen molar-refractivity contribution in [3.63, 3.8) is 0 Å². The van der Waals surface area contributed by atoms with E-state index in [2.05, 4.69) is 22.6 Å². The van der Waals surface area contributed by atoms with E-state index in [0.29, 0.717) is 6.42 Å². The van der Waals surface area contributed by atoms with Crippen LogP contribution < -0.4 is 10.6 Å². The number of carbonyl (C=O) groups excluding carboxylic acids is 1. The highest BCUT2D eigenvalue weighted by molar-refractivity contribution is 7.14. The lowest BCUT2D eigenvalue weighted by Crippen LogP contribution is -2.50. The number of thiophene rings is 1. The Kier molecular flexibility index (Phi) is 4.15. The minimum Gasteiger partial charge on any atom is -0.317 e. The molecule has 0 radical (unpaired) electrons. The van der Waals surface area contributed by atoms with Gasteiger partial charge in [-0.25, -0.2) is 0 Å². The van der Waals surface area contributed by atoms with Gasteiger partial charge in [0, 0.05) is 32.1 Å². The molecule has 17 heavy (non-hydrogen) atoms. The average molecular weight is 253 g/mol. The molecule has 94 valence electrons. The van der Waals surface area contributed by atoms with E-state index in [9.17, 15) is 4.79 Å². The van der Waals surface area contributed by atoms with Gasteiger partial charge in [0.15, 0.2) is 0 Å². The van der Waals surface area contributed by atoms with Crippen LogP contribution >= 0.6 is 11.3 Å². The number of hydrogen-bond donors (Lipinski definition) is 2. The maximum absolute atomic E-state index is 11.9. The van der Waals surface area contributed by atoms with Crippen LogP contribution in [0.15, 0.2) is 11.4 Å². The highest BCUT2D eigenvalue weighted by atomic mass is 32.1. The van der Waals surface area contributed by atoms with E-state index in [-0.39, 0.29) is 11.9 Å². The lowest BCUT2D eigenvalue weighted by molar-refractivity contribution is -0.116. The van der Waals surface area contributed by atoms with Gasteiger partial charge in [-0.1, -0.05) is 0 Å². The van der Waals surface area contributed by atoms with E-state index >= 15 is 0 Å². The van der Waals surface area contributed by atoms with Gasteiger partial charge in [0.25, 0.3) is 0 Å².